The Hall–Kier alpha value is -10.3. The highest BCUT2D eigenvalue weighted by Gasteiger charge is 2.31. The summed E-state index contributed by atoms with van der Waals surface area (Å²) in [5, 5.41) is 6.13. The third-order valence-electron chi connectivity index (χ3n) is 19.8. The van der Waals surface area contributed by atoms with E-state index in [1.807, 2.05) is 57.2 Å². The molecule has 27 nitrogen and oxygen atoms in total. The quantitative estimate of drug-likeness (QED) is 0.0169. The number of carbonyl (C=O) groups is 6. The van der Waals surface area contributed by atoms with E-state index in [9.17, 15) is 28.8 Å². The van der Waals surface area contributed by atoms with Crippen LogP contribution in [-0.4, -0.2) is 240 Å². The van der Waals surface area contributed by atoms with Gasteiger partial charge < -0.3 is 91.9 Å². The van der Waals surface area contributed by atoms with Crippen molar-refractivity contribution in [1.29, 1.82) is 0 Å². The maximum atomic E-state index is 14.1. The number of carbonyl (C=O) groups excluding carboxylic acids is 6. The molecule has 109 heavy (non-hydrogen) atoms. The van der Waals surface area contributed by atoms with Crippen LogP contribution in [0.1, 0.15) is 125 Å². The molecule has 2 saturated heterocycles. The van der Waals surface area contributed by atoms with Gasteiger partial charge in [-0.3, -0.25) is 28.8 Å². The molecule has 2 aliphatic heterocycles. The topological polar surface area (TPSA) is 344 Å². The Morgan fingerprint density at radius 1 is 0.505 bits per heavy atom. The van der Waals surface area contributed by atoms with Gasteiger partial charge in [0.1, 0.15) is 29.0 Å². The number of likely N-dealkylation sites (N-methyl/N-ethyl adjacent to an activating group) is 2. The summed E-state index contributed by atoms with van der Waals surface area (Å²) in [6, 6.07) is 31.0. The van der Waals surface area contributed by atoms with Crippen LogP contribution >= 0.6 is 0 Å². The molecule has 5 aromatic carbocycles. The molecule has 0 radical (unpaired) electrons. The van der Waals surface area contributed by atoms with Gasteiger partial charge in [0, 0.05) is 149 Å². The summed E-state index contributed by atoms with van der Waals surface area (Å²) in [5.41, 5.74) is 24.5. The Balaban J connectivity index is 0.0000137. The molecular formula is C82H117N19O8. The molecule has 2 fully saturated rings. The molecule has 0 spiro atoms. The molecule has 0 unspecified atom stereocenters. The van der Waals surface area contributed by atoms with Crippen molar-refractivity contribution in [3.05, 3.63) is 114 Å². The molecule has 12 N–H and O–H groups in total. The van der Waals surface area contributed by atoms with E-state index < -0.39 is 30.2 Å². The van der Waals surface area contributed by atoms with Crippen LogP contribution in [0.15, 0.2) is 103 Å². The number of hydrogen-bond acceptors (Lipinski definition) is 18. The normalized spacial score (nSPS) is 13.9. The number of fused-ring (bicyclic) bond motifs is 3. The number of rotatable bonds is 36. The van der Waals surface area contributed by atoms with E-state index in [-0.39, 0.29) is 93.2 Å². The van der Waals surface area contributed by atoms with Gasteiger partial charge in [-0.05, 0) is 142 Å². The molecule has 0 saturated carbocycles. The average Bonchev–Trinajstić information content (AvgIpc) is 1.75. The van der Waals surface area contributed by atoms with Crippen molar-refractivity contribution < 1.29 is 38.2 Å². The summed E-state index contributed by atoms with van der Waals surface area (Å²) in [4.78, 5) is 122. The molecule has 6 amide bonds. The van der Waals surface area contributed by atoms with Gasteiger partial charge >= 0.3 is 0 Å². The summed E-state index contributed by atoms with van der Waals surface area (Å²) in [6.07, 6.45) is 5.10. The minimum atomic E-state index is -0.762. The summed E-state index contributed by atoms with van der Waals surface area (Å²) in [6.45, 7) is 27.6. The van der Waals surface area contributed by atoms with Crippen LogP contribution < -0.4 is 47.5 Å². The van der Waals surface area contributed by atoms with Crippen molar-refractivity contribution in [1.82, 2.24) is 76.1 Å². The van der Waals surface area contributed by atoms with E-state index >= 15 is 0 Å². The molecule has 2 aliphatic rings. The van der Waals surface area contributed by atoms with Crippen LogP contribution in [0.5, 0.6) is 11.5 Å². The van der Waals surface area contributed by atoms with Crippen molar-refractivity contribution >= 4 is 79.9 Å². The number of aromatic nitrogens is 6. The van der Waals surface area contributed by atoms with Crippen molar-refractivity contribution in [2.45, 2.75) is 125 Å². The highest BCUT2D eigenvalue weighted by Crippen LogP contribution is 2.43. The Kier molecular flexibility index (Phi) is 29.0. The number of nitrogens with two attached hydrogens (primary N) is 2. The lowest BCUT2D eigenvalue weighted by molar-refractivity contribution is -0.146. The summed E-state index contributed by atoms with van der Waals surface area (Å²) >= 11 is 0. The minimum absolute atomic E-state index is 0. The Labute approximate surface area is 641 Å². The highest BCUT2D eigenvalue weighted by molar-refractivity contribution is 5.92. The average molecular weight is 1500 g/mol. The SMILES string of the molecule is CCCN(CC(=O)N(CCC)CC(=O)N(CCC)CC(=O)N(CC(N)=O)C/C(N)=C/NCCCNC(=O)CCCOc1c(C(C)(C)C)cc(-c2nc3ccc(N4CCN(C)CC4)cc3[nH]2)cc1C(C)(C)C)C(=O)CCCOc1cccc(-c2nc3ccc(-c4nc5ccc(N6CCN(C)CC6)cc5[nH]4)cc3[nH]2)c1.N. The van der Waals surface area contributed by atoms with E-state index in [4.69, 9.17) is 35.9 Å². The first-order valence-electron chi connectivity index (χ1n) is 38.5. The van der Waals surface area contributed by atoms with Gasteiger partial charge in [0.2, 0.25) is 35.4 Å². The Morgan fingerprint density at radius 2 is 0.963 bits per heavy atom. The van der Waals surface area contributed by atoms with Crippen LogP contribution in [0, 0.1) is 0 Å². The molecule has 588 valence electrons. The number of nitrogens with one attached hydrogen (secondary N) is 5. The molecule has 27 heteroatoms. The van der Waals surface area contributed by atoms with Crippen LogP contribution in [0.2, 0.25) is 0 Å². The molecule has 0 atom stereocenters. The predicted molar refractivity (Wildman–Crippen MR) is 434 cm³/mol. The maximum Gasteiger partial charge on any atom is 0.243 e. The maximum absolute atomic E-state index is 14.1. The Morgan fingerprint density at radius 3 is 1.47 bits per heavy atom. The second kappa shape index (κ2) is 38.2. The van der Waals surface area contributed by atoms with Crippen LogP contribution in [-0.2, 0) is 39.6 Å². The van der Waals surface area contributed by atoms with E-state index in [2.05, 4.69) is 155 Å². The van der Waals surface area contributed by atoms with Gasteiger partial charge in [-0.1, -0.05) is 74.4 Å². The number of primary amides is 1. The van der Waals surface area contributed by atoms with Crippen LogP contribution in [0.25, 0.3) is 67.3 Å². The zero-order chi connectivity index (χ0) is 77.2. The zero-order valence-electron chi connectivity index (χ0n) is 66.1. The van der Waals surface area contributed by atoms with Crippen molar-refractivity contribution in [3.63, 3.8) is 0 Å². The number of nitrogens with zero attached hydrogens (tertiary/aromatic N) is 11. The molecular weight excluding hydrogens is 1380 g/mol. The number of ether oxygens (including phenoxy) is 2. The molecule has 3 aromatic heterocycles. The number of imidazole rings is 3. The standard InChI is InChI=1S/C82H114N18O8.H3N/c1-12-31-97(73(103)22-17-42-107-62-20-15-19-56(44-62)78-87-65-26-23-57(47-68(65)90-78)79-88-66-27-24-60(48-69(66)91-79)95-38-34-93(10)35-39-95)53-74(104)98(32-13-2)54-75(105)99(33-14-3)55-76(106)100(52-71(84)101)51-59(83)50-85-29-18-30-86-72(102)21-16-43-108-77-63(81(4,5)6)45-58(46-64(77)82(7,8)9)80-89-67-28-25-61(49-70(67)92-80)96-40-36-94(11)37-41-96;/h15,19-20,23-28,44-50,85H,12-14,16-18,21-22,29-43,51-55,83H2,1-11H3,(H2,84,101)(H,86,102)(H,87,90)(H,88,91)(H,89,92);1H3/b59-50-;. The summed E-state index contributed by atoms with van der Waals surface area (Å²) in [7, 11) is 4.32. The fourth-order valence-corrected chi connectivity index (χ4v) is 13.7. The number of aromatic amines is 3. The fraction of sp³-hybridized carbons (Fsp3) is 0.500. The molecule has 0 bridgehead atoms. The van der Waals surface area contributed by atoms with E-state index in [0.717, 1.165) is 131 Å². The van der Waals surface area contributed by atoms with E-state index in [0.29, 0.717) is 76.3 Å². The van der Waals surface area contributed by atoms with Gasteiger partial charge in [0.25, 0.3) is 0 Å². The minimum Gasteiger partial charge on any atom is -0.494 e. The van der Waals surface area contributed by atoms with Crippen LogP contribution in [0.3, 0.4) is 0 Å². The van der Waals surface area contributed by atoms with Crippen molar-refractivity contribution in [2.75, 3.05) is 155 Å². The fourth-order valence-electron chi connectivity index (χ4n) is 13.7. The number of benzene rings is 5. The first kappa shape index (κ1) is 82.8. The number of hydrogen-bond donors (Lipinski definition) is 8. The molecule has 8 aromatic rings. The first-order chi connectivity index (χ1) is 51.7. The number of anilines is 2. The van der Waals surface area contributed by atoms with Crippen LogP contribution in [0.4, 0.5) is 11.4 Å². The first-order valence-corrected chi connectivity index (χ1v) is 38.5. The lowest BCUT2D eigenvalue weighted by Gasteiger charge is -2.34. The lowest BCUT2D eigenvalue weighted by Crippen LogP contribution is -2.51. The van der Waals surface area contributed by atoms with Crippen molar-refractivity contribution in [3.8, 4) is 45.7 Å². The van der Waals surface area contributed by atoms with Gasteiger partial charge in [-0.2, -0.15) is 0 Å². The van der Waals surface area contributed by atoms with Gasteiger partial charge in [0.05, 0.1) is 79.0 Å². The third-order valence-corrected chi connectivity index (χ3v) is 19.8. The highest BCUT2D eigenvalue weighted by atomic mass is 16.5. The number of piperazine rings is 2. The third kappa shape index (κ3) is 22.7. The Bertz CT molecular complexity index is 4400. The van der Waals surface area contributed by atoms with Gasteiger partial charge in [0.15, 0.2) is 0 Å². The summed E-state index contributed by atoms with van der Waals surface area (Å²) in [5.74, 6) is 1.25. The second-order valence-electron chi connectivity index (χ2n) is 30.8. The number of H-pyrrole nitrogens is 3. The lowest BCUT2D eigenvalue weighted by atomic mass is 9.78. The van der Waals surface area contributed by atoms with Gasteiger partial charge in [-0.25, -0.2) is 15.0 Å². The smallest absolute Gasteiger partial charge is 0.243 e. The van der Waals surface area contributed by atoms with Crippen molar-refractivity contribution in [2.24, 2.45) is 11.5 Å². The van der Waals surface area contributed by atoms with E-state index in [1.54, 1.807) is 6.20 Å². The molecule has 10 rings (SSSR count). The molecule has 5 heterocycles. The predicted octanol–water partition coefficient (Wildman–Crippen LogP) is 9.52. The van der Waals surface area contributed by atoms with Gasteiger partial charge in [-0.15, -0.1) is 0 Å². The second-order valence-corrected chi connectivity index (χ2v) is 30.8. The summed E-state index contributed by atoms with van der Waals surface area (Å²) < 4.78 is 12.8. The number of amides is 6. The monoisotopic (exact) mass is 1500 g/mol. The van der Waals surface area contributed by atoms with E-state index in [1.165, 1.54) is 31.0 Å². The molecule has 0 aliphatic carbocycles. The zero-order valence-corrected chi connectivity index (χ0v) is 66.1. The largest absolute Gasteiger partial charge is 0.494 e.